The maximum atomic E-state index is 11.9. The van der Waals surface area contributed by atoms with Gasteiger partial charge in [-0.2, -0.15) is 5.10 Å². The van der Waals surface area contributed by atoms with Crippen LogP contribution in [0.5, 0.6) is 5.75 Å². The molecule has 2 heterocycles. The van der Waals surface area contributed by atoms with E-state index in [0.29, 0.717) is 17.1 Å². The Hall–Kier alpha value is -3.03. The van der Waals surface area contributed by atoms with Gasteiger partial charge < -0.3 is 20.7 Å². The summed E-state index contributed by atoms with van der Waals surface area (Å²) >= 11 is 0. The second-order valence-electron chi connectivity index (χ2n) is 4.90. The summed E-state index contributed by atoms with van der Waals surface area (Å²) in [5.41, 5.74) is 2.04. The predicted molar refractivity (Wildman–Crippen MR) is 79.7 cm³/mol. The van der Waals surface area contributed by atoms with Crippen LogP contribution in [0.25, 0.3) is 0 Å². The SMILES string of the molecule is C[C@@H](NC(=O)Nc1cn[nH]c1)c1ccc2c(c1)NC(=O)CO2. The number of aromatic nitrogens is 2. The van der Waals surface area contributed by atoms with E-state index < -0.39 is 0 Å². The molecule has 0 spiro atoms. The van der Waals surface area contributed by atoms with E-state index in [2.05, 4.69) is 26.1 Å². The Bertz CT molecular complexity index is 699. The Morgan fingerprint density at radius 2 is 2.32 bits per heavy atom. The number of H-pyrrole nitrogens is 1. The van der Waals surface area contributed by atoms with E-state index in [1.807, 2.05) is 13.0 Å². The smallest absolute Gasteiger partial charge is 0.319 e. The Kier molecular flexibility index (Phi) is 3.65. The van der Waals surface area contributed by atoms with Crippen LogP contribution in [0.15, 0.2) is 30.6 Å². The zero-order chi connectivity index (χ0) is 15.5. The normalized spacial score (nSPS) is 14.3. The number of rotatable bonds is 3. The van der Waals surface area contributed by atoms with Gasteiger partial charge in [-0.3, -0.25) is 9.89 Å². The lowest BCUT2D eigenvalue weighted by Crippen LogP contribution is -2.31. The maximum absolute atomic E-state index is 11.9. The van der Waals surface area contributed by atoms with Gasteiger partial charge in [0.05, 0.1) is 23.6 Å². The van der Waals surface area contributed by atoms with E-state index in [1.165, 1.54) is 6.20 Å². The Labute approximate surface area is 126 Å². The van der Waals surface area contributed by atoms with Crippen molar-refractivity contribution < 1.29 is 14.3 Å². The molecule has 114 valence electrons. The van der Waals surface area contributed by atoms with Crippen LogP contribution in [-0.4, -0.2) is 28.7 Å². The number of amides is 3. The zero-order valence-corrected chi connectivity index (χ0v) is 11.8. The molecule has 1 aliphatic heterocycles. The first-order valence-corrected chi connectivity index (χ1v) is 6.75. The number of hydrogen-bond acceptors (Lipinski definition) is 4. The Morgan fingerprint density at radius 3 is 3.09 bits per heavy atom. The number of benzene rings is 1. The van der Waals surface area contributed by atoms with E-state index in [4.69, 9.17) is 4.74 Å². The van der Waals surface area contributed by atoms with E-state index >= 15 is 0 Å². The third-order valence-corrected chi connectivity index (χ3v) is 3.24. The van der Waals surface area contributed by atoms with Gasteiger partial charge in [0.15, 0.2) is 6.61 Å². The topological polar surface area (TPSA) is 108 Å². The summed E-state index contributed by atoms with van der Waals surface area (Å²) in [5, 5.41) is 14.6. The molecule has 0 fully saturated rings. The van der Waals surface area contributed by atoms with Gasteiger partial charge in [0.25, 0.3) is 5.91 Å². The van der Waals surface area contributed by atoms with Crippen molar-refractivity contribution in [1.29, 1.82) is 0 Å². The highest BCUT2D eigenvalue weighted by Gasteiger charge is 2.18. The number of aromatic amines is 1. The molecule has 1 aromatic carbocycles. The molecule has 1 aromatic heterocycles. The van der Waals surface area contributed by atoms with Crippen molar-refractivity contribution >= 4 is 23.3 Å². The molecule has 2 aromatic rings. The average molecular weight is 301 g/mol. The Morgan fingerprint density at radius 1 is 1.45 bits per heavy atom. The second kappa shape index (κ2) is 5.76. The van der Waals surface area contributed by atoms with Gasteiger partial charge in [0, 0.05) is 6.20 Å². The minimum absolute atomic E-state index is 0.0211. The summed E-state index contributed by atoms with van der Waals surface area (Å²) in [5.74, 6) is 0.432. The van der Waals surface area contributed by atoms with Crippen LogP contribution in [0.1, 0.15) is 18.5 Å². The van der Waals surface area contributed by atoms with Gasteiger partial charge in [-0.05, 0) is 24.6 Å². The molecule has 8 heteroatoms. The highest BCUT2D eigenvalue weighted by molar-refractivity contribution is 5.95. The van der Waals surface area contributed by atoms with Gasteiger partial charge in [-0.1, -0.05) is 6.07 Å². The van der Waals surface area contributed by atoms with Crippen molar-refractivity contribution in [3.05, 3.63) is 36.2 Å². The molecular formula is C14H15N5O3. The molecular weight excluding hydrogens is 286 g/mol. The largest absolute Gasteiger partial charge is 0.482 e. The number of urea groups is 1. The predicted octanol–water partition coefficient (Wildman–Crippen LogP) is 1.62. The van der Waals surface area contributed by atoms with Gasteiger partial charge in [0.2, 0.25) is 0 Å². The molecule has 22 heavy (non-hydrogen) atoms. The van der Waals surface area contributed by atoms with E-state index in [9.17, 15) is 9.59 Å². The highest BCUT2D eigenvalue weighted by Crippen LogP contribution is 2.30. The molecule has 0 aliphatic carbocycles. The maximum Gasteiger partial charge on any atom is 0.319 e. The molecule has 1 atom stereocenters. The number of nitrogens with one attached hydrogen (secondary N) is 4. The molecule has 0 unspecified atom stereocenters. The lowest BCUT2D eigenvalue weighted by atomic mass is 10.1. The van der Waals surface area contributed by atoms with Crippen LogP contribution < -0.4 is 20.7 Å². The highest BCUT2D eigenvalue weighted by atomic mass is 16.5. The summed E-state index contributed by atoms with van der Waals surface area (Å²) < 4.78 is 5.30. The fourth-order valence-electron chi connectivity index (χ4n) is 2.14. The quantitative estimate of drug-likeness (QED) is 0.691. The molecule has 0 bridgehead atoms. The number of carbonyl (C=O) groups excluding carboxylic acids is 2. The molecule has 3 rings (SSSR count). The standard InChI is InChI=1S/C14H15N5O3/c1-8(17-14(21)18-10-5-15-16-6-10)9-2-3-12-11(4-9)19-13(20)7-22-12/h2-6,8H,7H2,1H3,(H,15,16)(H,19,20)(H2,17,18,21)/t8-/m1/s1. The van der Waals surface area contributed by atoms with Gasteiger partial charge in [-0.15, -0.1) is 0 Å². The summed E-state index contributed by atoms with van der Waals surface area (Å²) in [7, 11) is 0. The number of fused-ring (bicyclic) bond motifs is 1. The first-order chi connectivity index (χ1) is 10.6. The van der Waals surface area contributed by atoms with Gasteiger partial charge in [-0.25, -0.2) is 4.79 Å². The molecule has 1 aliphatic rings. The van der Waals surface area contributed by atoms with Gasteiger partial charge in [0.1, 0.15) is 5.75 Å². The molecule has 0 radical (unpaired) electrons. The Balaban J connectivity index is 1.67. The van der Waals surface area contributed by atoms with Crippen LogP contribution >= 0.6 is 0 Å². The van der Waals surface area contributed by atoms with Crippen LogP contribution in [0, 0.1) is 0 Å². The van der Waals surface area contributed by atoms with Crippen molar-refractivity contribution in [2.24, 2.45) is 0 Å². The van der Waals surface area contributed by atoms with Gasteiger partial charge >= 0.3 is 6.03 Å². The fourth-order valence-corrected chi connectivity index (χ4v) is 2.14. The van der Waals surface area contributed by atoms with Crippen molar-refractivity contribution in [2.75, 3.05) is 17.2 Å². The summed E-state index contributed by atoms with van der Waals surface area (Å²) in [6.07, 6.45) is 3.09. The lowest BCUT2D eigenvalue weighted by molar-refractivity contribution is -0.118. The third-order valence-electron chi connectivity index (χ3n) is 3.24. The first kappa shape index (κ1) is 13.9. The summed E-state index contributed by atoms with van der Waals surface area (Å²) in [4.78, 5) is 23.2. The zero-order valence-electron chi connectivity index (χ0n) is 11.8. The van der Waals surface area contributed by atoms with Crippen LogP contribution in [-0.2, 0) is 4.79 Å². The van der Waals surface area contributed by atoms with Crippen LogP contribution in [0.4, 0.5) is 16.2 Å². The summed E-state index contributed by atoms with van der Waals surface area (Å²) in [6.45, 7) is 1.87. The number of ether oxygens (including phenoxy) is 1. The van der Waals surface area contributed by atoms with Crippen molar-refractivity contribution in [1.82, 2.24) is 15.5 Å². The number of carbonyl (C=O) groups is 2. The molecule has 0 saturated carbocycles. The number of hydrogen-bond donors (Lipinski definition) is 4. The van der Waals surface area contributed by atoms with Crippen LogP contribution in [0.3, 0.4) is 0 Å². The number of anilines is 2. The molecule has 8 nitrogen and oxygen atoms in total. The fraction of sp³-hybridized carbons (Fsp3) is 0.214. The molecule has 0 saturated heterocycles. The monoisotopic (exact) mass is 301 g/mol. The molecule has 3 amide bonds. The summed E-state index contributed by atoms with van der Waals surface area (Å²) in [6, 6.07) is 4.83. The number of nitrogens with zero attached hydrogens (tertiary/aromatic N) is 1. The van der Waals surface area contributed by atoms with Crippen molar-refractivity contribution in [3.8, 4) is 5.75 Å². The van der Waals surface area contributed by atoms with Crippen molar-refractivity contribution in [2.45, 2.75) is 13.0 Å². The van der Waals surface area contributed by atoms with Crippen LogP contribution in [0.2, 0.25) is 0 Å². The van der Waals surface area contributed by atoms with E-state index in [0.717, 1.165) is 5.56 Å². The third kappa shape index (κ3) is 3.00. The lowest BCUT2D eigenvalue weighted by Gasteiger charge is -2.21. The average Bonchev–Trinajstić information content (AvgIpc) is 2.99. The first-order valence-electron chi connectivity index (χ1n) is 6.75. The molecule has 4 N–H and O–H groups in total. The van der Waals surface area contributed by atoms with Crippen molar-refractivity contribution in [3.63, 3.8) is 0 Å². The van der Waals surface area contributed by atoms with E-state index in [-0.39, 0.29) is 24.6 Å². The second-order valence-corrected chi connectivity index (χ2v) is 4.90. The minimum Gasteiger partial charge on any atom is -0.482 e. The minimum atomic E-state index is -0.341. The van der Waals surface area contributed by atoms with E-state index in [1.54, 1.807) is 18.3 Å².